The van der Waals surface area contributed by atoms with Crippen molar-refractivity contribution in [2.75, 3.05) is 0 Å². The first-order chi connectivity index (χ1) is 8.46. The van der Waals surface area contributed by atoms with Gasteiger partial charge >= 0.3 is 0 Å². The SMILES string of the molecule is CC1(C)CCCC(NCc2cc(Cl)ccc2Cl)C1. The number of hydrogen-bond acceptors (Lipinski definition) is 1. The molecular weight excluding hydrogens is 265 g/mol. The van der Waals surface area contributed by atoms with E-state index in [1.54, 1.807) is 0 Å². The third kappa shape index (κ3) is 3.88. The monoisotopic (exact) mass is 285 g/mol. The maximum atomic E-state index is 6.17. The van der Waals surface area contributed by atoms with Gasteiger partial charge in [0.25, 0.3) is 0 Å². The van der Waals surface area contributed by atoms with E-state index in [1.165, 1.54) is 25.7 Å². The summed E-state index contributed by atoms with van der Waals surface area (Å²) in [5.74, 6) is 0. The van der Waals surface area contributed by atoms with Gasteiger partial charge in [0, 0.05) is 22.6 Å². The van der Waals surface area contributed by atoms with Crippen molar-refractivity contribution in [2.24, 2.45) is 5.41 Å². The van der Waals surface area contributed by atoms with E-state index in [1.807, 2.05) is 18.2 Å². The molecule has 1 fully saturated rings. The number of rotatable bonds is 3. The van der Waals surface area contributed by atoms with Crippen LogP contribution in [-0.2, 0) is 6.54 Å². The smallest absolute Gasteiger partial charge is 0.0451 e. The summed E-state index contributed by atoms with van der Waals surface area (Å²) in [6, 6.07) is 6.25. The quantitative estimate of drug-likeness (QED) is 0.819. The Morgan fingerprint density at radius 1 is 1.33 bits per heavy atom. The fraction of sp³-hybridized carbons (Fsp3) is 0.600. The van der Waals surface area contributed by atoms with E-state index in [4.69, 9.17) is 23.2 Å². The molecule has 0 aliphatic heterocycles. The molecule has 1 aliphatic carbocycles. The van der Waals surface area contributed by atoms with Crippen LogP contribution in [0.5, 0.6) is 0 Å². The minimum Gasteiger partial charge on any atom is -0.310 e. The van der Waals surface area contributed by atoms with Gasteiger partial charge in [-0.1, -0.05) is 43.5 Å². The summed E-state index contributed by atoms with van der Waals surface area (Å²) < 4.78 is 0. The molecule has 1 N–H and O–H groups in total. The van der Waals surface area contributed by atoms with Crippen molar-refractivity contribution < 1.29 is 0 Å². The maximum absolute atomic E-state index is 6.17. The standard InChI is InChI=1S/C15H21Cl2N/c1-15(2)7-3-4-13(9-15)18-10-11-8-12(16)5-6-14(11)17/h5-6,8,13,18H,3-4,7,9-10H2,1-2H3. The Bertz CT molecular complexity index is 415. The number of hydrogen-bond donors (Lipinski definition) is 1. The molecule has 1 aromatic rings. The molecule has 2 rings (SSSR count). The summed E-state index contributed by atoms with van der Waals surface area (Å²) in [6.45, 7) is 5.51. The van der Waals surface area contributed by atoms with Crippen LogP contribution in [0, 0.1) is 5.41 Å². The lowest BCUT2D eigenvalue weighted by atomic mass is 9.75. The lowest BCUT2D eigenvalue weighted by Gasteiger charge is -2.35. The topological polar surface area (TPSA) is 12.0 Å². The van der Waals surface area contributed by atoms with Gasteiger partial charge in [-0.05, 0) is 48.4 Å². The molecule has 1 atom stereocenters. The molecule has 3 heteroatoms. The van der Waals surface area contributed by atoms with Crippen molar-refractivity contribution in [2.45, 2.75) is 52.1 Å². The zero-order valence-electron chi connectivity index (χ0n) is 11.1. The van der Waals surface area contributed by atoms with E-state index < -0.39 is 0 Å². The summed E-state index contributed by atoms with van der Waals surface area (Å²) in [5, 5.41) is 5.16. The third-order valence-electron chi connectivity index (χ3n) is 3.79. The molecule has 0 spiro atoms. The van der Waals surface area contributed by atoms with Gasteiger partial charge in [0.1, 0.15) is 0 Å². The molecule has 0 heterocycles. The van der Waals surface area contributed by atoms with Crippen molar-refractivity contribution in [1.29, 1.82) is 0 Å². The zero-order chi connectivity index (χ0) is 13.2. The Morgan fingerprint density at radius 3 is 2.83 bits per heavy atom. The summed E-state index contributed by atoms with van der Waals surface area (Å²) in [7, 11) is 0. The second kappa shape index (κ2) is 5.81. The predicted octanol–water partition coefficient (Wildman–Crippen LogP) is 5.05. The number of benzene rings is 1. The molecule has 0 saturated heterocycles. The lowest BCUT2D eigenvalue weighted by Crippen LogP contribution is -2.36. The first-order valence-electron chi connectivity index (χ1n) is 6.64. The molecule has 0 aromatic heterocycles. The van der Waals surface area contributed by atoms with E-state index in [0.717, 1.165) is 22.2 Å². The Labute approximate surface area is 120 Å². The van der Waals surface area contributed by atoms with Crippen molar-refractivity contribution in [1.82, 2.24) is 5.32 Å². The highest BCUT2D eigenvalue weighted by molar-refractivity contribution is 6.33. The lowest BCUT2D eigenvalue weighted by molar-refractivity contribution is 0.198. The van der Waals surface area contributed by atoms with E-state index in [-0.39, 0.29) is 0 Å². The van der Waals surface area contributed by atoms with Crippen LogP contribution in [0.25, 0.3) is 0 Å². The van der Waals surface area contributed by atoms with Crippen molar-refractivity contribution in [3.8, 4) is 0 Å². The van der Waals surface area contributed by atoms with Crippen molar-refractivity contribution in [3.05, 3.63) is 33.8 Å². The van der Waals surface area contributed by atoms with Crippen LogP contribution >= 0.6 is 23.2 Å². The summed E-state index contributed by atoms with van der Waals surface area (Å²) in [6.07, 6.45) is 5.16. The molecule has 1 nitrogen and oxygen atoms in total. The summed E-state index contributed by atoms with van der Waals surface area (Å²) >= 11 is 12.2. The Hall–Kier alpha value is -0.240. The second-order valence-electron chi connectivity index (χ2n) is 6.07. The van der Waals surface area contributed by atoms with Crippen LogP contribution in [0.15, 0.2) is 18.2 Å². The van der Waals surface area contributed by atoms with E-state index >= 15 is 0 Å². The second-order valence-corrected chi connectivity index (χ2v) is 6.92. The van der Waals surface area contributed by atoms with Crippen LogP contribution in [0.3, 0.4) is 0 Å². The molecule has 18 heavy (non-hydrogen) atoms. The van der Waals surface area contributed by atoms with E-state index in [9.17, 15) is 0 Å². The molecule has 1 unspecified atom stereocenters. The Morgan fingerprint density at radius 2 is 2.11 bits per heavy atom. The van der Waals surface area contributed by atoms with Crippen molar-refractivity contribution in [3.63, 3.8) is 0 Å². The van der Waals surface area contributed by atoms with Gasteiger partial charge in [-0.15, -0.1) is 0 Å². The first kappa shape index (κ1) is 14.2. The van der Waals surface area contributed by atoms with E-state index in [0.29, 0.717) is 11.5 Å². The Balaban J connectivity index is 1.93. The molecular formula is C15H21Cl2N. The largest absolute Gasteiger partial charge is 0.310 e. The van der Waals surface area contributed by atoms with Crippen LogP contribution < -0.4 is 5.32 Å². The van der Waals surface area contributed by atoms with Gasteiger partial charge < -0.3 is 5.32 Å². The maximum Gasteiger partial charge on any atom is 0.0451 e. The molecule has 0 amide bonds. The van der Waals surface area contributed by atoms with Gasteiger partial charge in [0.05, 0.1) is 0 Å². The fourth-order valence-electron chi connectivity index (χ4n) is 2.81. The van der Waals surface area contributed by atoms with Gasteiger partial charge in [-0.2, -0.15) is 0 Å². The minimum atomic E-state index is 0.466. The number of nitrogens with one attached hydrogen (secondary N) is 1. The highest BCUT2D eigenvalue weighted by atomic mass is 35.5. The summed E-state index contributed by atoms with van der Waals surface area (Å²) in [5.41, 5.74) is 1.56. The average Bonchev–Trinajstić information content (AvgIpc) is 2.29. The normalized spacial score (nSPS) is 23.0. The number of halogens is 2. The van der Waals surface area contributed by atoms with Gasteiger partial charge in [-0.3, -0.25) is 0 Å². The minimum absolute atomic E-state index is 0.466. The first-order valence-corrected chi connectivity index (χ1v) is 7.39. The van der Waals surface area contributed by atoms with Crippen LogP contribution in [0.4, 0.5) is 0 Å². The molecule has 0 bridgehead atoms. The summed E-state index contributed by atoms with van der Waals surface area (Å²) in [4.78, 5) is 0. The molecule has 1 aromatic carbocycles. The average molecular weight is 286 g/mol. The highest BCUT2D eigenvalue weighted by Gasteiger charge is 2.27. The van der Waals surface area contributed by atoms with Gasteiger partial charge in [0.15, 0.2) is 0 Å². The highest BCUT2D eigenvalue weighted by Crippen LogP contribution is 2.35. The predicted molar refractivity (Wildman–Crippen MR) is 79.3 cm³/mol. The van der Waals surface area contributed by atoms with Gasteiger partial charge in [0.2, 0.25) is 0 Å². The molecule has 0 radical (unpaired) electrons. The van der Waals surface area contributed by atoms with Crippen LogP contribution in [0.2, 0.25) is 10.0 Å². The fourth-order valence-corrected chi connectivity index (χ4v) is 3.18. The molecule has 100 valence electrons. The van der Waals surface area contributed by atoms with Gasteiger partial charge in [-0.25, -0.2) is 0 Å². The third-order valence-corrected chi connectivity index (χ3v) is 4.40. The molecule has 1 aliphatic rings. The van der Waals surface area contributed by atoms with Crippen LogP contribution in [-0.4, -0.2) is 6.04 Å². The molecule has 1 saturated carbocycles. The van der Waals surface area contributed by atoms with Crippen LogP contribution in [0.1, 0.15) is 45.1 Å². The van der Waals surface area contributed by atoms with E-state index in [2.05, 4.69) is 19.2 Å². The Kier molecular flexibility index (Phi) is 4.58. The van der Waals surface area contributed by atoms with Crippen molar-refractivity contribution >= 4 is 23.2 Å². The zero-order valence-corrected chi connectivity index (χ0v) is 12.6.